The fourth-order valence-electron chi connectivity index (χ4n) is 6.55. The standard InChI is InChI=1S/C31H31F3N4O5/c1-17-8-9-31(12-18(2)38(43-31)14-21-23(33)10-20(32)11-24(21)34)25-15-36(17)30(41)26-28(42-16-19-6-4-3-5-7-19)27(39)22(29(35)40)13-37(25)26/h3-7,10-11,13,17-18,25H,8-9,12,14-16H2,1-2H3,(H2,35,40). The third-order valence-electron chi connectivity index (χ3n) is 8.83. The lowest BCUT2D eigenvalue weighted by atomic mass is 9.84. The van der Waals surface area contributed by atoms with Gasteiger partial charge in [-0.3, -0.25) is 19.2 Å². The first-order chi connectivity index (χ1) is 20.5. The van der Waals surface area contributed by atoms with Gasteiger partial charge in [0.1, 0.15) is 35.2 Å². The number of rotatable bonds is 6. The summed E-state index contributed by atoms with van der Waals surface area (Å²) in [5, 5.41) is 1.47. The van der Waals surface area contributed by atoms with Gasteiger partial charge in [-0.2, -0.15) is 5.06 Å². The van der Waals surface area contributed by atoms with E-state index in [1.807, 2.05) is 32.0 Å². The number of aromatic nitrogens is 1. The summed E-state index contributed by atoms with van der Waals surface area (Å²) in [6, 6.07) is 9.17. The Balaban J connectivity index is 1.44. The summed E-state index contributed by atoms with van der Waals surface area (Å²) in [5.74, 6) is -4.73. The van der Waals surface area contributed by atoms with E-state index in [1.54, 1.807) is 21.6 Å². The van der Waals surface area contributed by atoms with E-state index in [9.17, 15) is 27.6 Å². The molecule has 2 N–H and O–H groups in total. The van der Waals surface area contributed by atoms with Crippen LogP contribution < -0.4 is 15.9 Å². The smallest absolute Gasteiger partial charge is 0.274 e. The van der Waals surface area contributed by atoms with Gasteiger partial charge < -0.3 is 19.9 Å². The van der Waals surface area contributed by atoms with E-state index in [1.165, 1.54) is 11.3 Å². The van der Waals surface area contributed by atoms with Crippen LogP contribution in [0.15, 0.2) is 53.5 Å². The second kappa shape index (κ2) is 10.8. The molecule has 0 saturated carbocycles. The summed E-state index contributed by atoms with van der Waals surface area (Å²) >= 11 is 0. The van der Waals surface area contributed by atoms with Gasteiger partial charge in [-0.1, -0.05) is 30.3 Å². The van der Waals surface area contributed by atoms with Gasteiger partial charge >= 0.3 is 0 Å². The van der Waals surface area contributed by atoms with Crippen molar-refractivity contribution >= 4 is 11.8 Å². The zero-order chi connectivity index (χ0) is 30.6. The Bertz CT molecular complexity index is 1640. The van der Waals surface area contributed by atoms with E-state index in [4.69, 9.17) is 15.3 Å². The van der Waals surface area contributed by atoms with Crippen LogP contribution in [0, 0.1) is 17.5 Å². The molecule has 2 bridgehead atoms. The summed E-state index contributed by atoms with van der Waals surface area (Å²) in [6.45, 7) is 3.65. The van der Waals surface area contributed by atoms with Crippen LogP contribution in [0.4, 0.5) is 13.2 Å². The normalized spacial score (nSPS) is 25.1. The van der Waals surface area contributed by atoms with Crippen LogP contribution in [0.25, 0.3) is 0 Å². The third kappa shape index (κ3) is 4.98. The lowest BCUT2D eigenvalue weighted by Crippen LogP contribution is -2.52. The second-order valence-corrected chi connectivity index (χ2v) is 11.6. The largest absolute Gasteiger partial charge is 0.483 e. The molecule has 0 aliphatic carbocycles. The van der Waals surface area contributed by atoms with Crippen LogP contribution in [0.5, 0.6) is 5.75 Å². The van der Waals surface area contributed by atoms with E-state index in [0.29, 0.717) is 31.4 Å². The van der Waals surface area contributed by atoms with Gasteiger partial charge in [0.05, 0.1) is 12.6 Å². The van der Waals surface area contributed by atoms with Crippen molar-refractivity contribution < 1.29 is 32.3 Å². The van der Waals surface area contributed by atoms with Crippen molar-refractivity contribution in [1.82, 2.24) is 14.5 Å². The molecular weight excluding hydrogens is 565 g/mol. The van der Waals surface area contributed by atoms with E-state index in [-0.39, 0.29) is 54.4 Å². The van der Waals surface area contributed by atoms with Crippen molar-refractivity contribution in [2.75, 3.05) is 6.54 Å². The average molecular weight is 597 g/mol. The summed E-state index contributed by atoms with van der Waals surface area (Å²) in [6.07, 6.45) is 2.72. The minimum atomic E-state index is -1.02. The Kier molecular flexibility index (Phi) is 7.29. The van der Waals surface area contributed by atoms with Crippen LogP contribution in [-0.4, -0.2) is 50.6 Å². The molecule has 3 aliphatic rings. The zero-order valence-electron chi connectivity index (χ0n) is 23.7. The summed E-state index contributed by atoms with van der Waals surface area (Å²) in [4.78, 5) is 48.1. The number of hydrogen-bond acceptors (Lipinski definition) is 6. The maximum absolute atomic E-state index is 14.6. The molecule has 2 aromatic carbocycles. The summed E-state index contributed by atoms with van der Waals surface area (Å²) in [5.41, 5.74) is 3.92. The first-order valence-electron chi connectivity index (χ1n) is 14.1. The molecule has 3 aromatic rings. The SMILES string of the molecule is CC1CC2(CCC(C)N3CC2n2cc(C(N)=O)c(=O)c(OCc4ccccc4)c2C3=O)ON1Cc1c(F)cc(F)cc1F. The molecule has 12 heteroatoms. The highest BCUT2D eigenvalue weighted by molar-refractivity contribution is 5.99. The van der Waals surface area contributed by atoms with Gasteiger partial charge in [-0.05, 0) is 38.7 Å². The zero-order valence-corrected chi connectivity index (χ0v) is 23.7. The van der Waals surface area contributed by atoms with Crippen LogP contribution in [0.3, 0.4) is 0 Å². The molecular formula is C31H31F3N4O5. The van der Waals surface area contributed by atoms with Gasteiger partial charge in [0.15, 0.2) is 11.4 Å². The Morgan fingerprint density at radius 3 is 2.47 bits per heavy atom. The predicted octanol–water partition coefficient (Wildman–Crippen LogP) is 4.09. The second-order valence-electron chi connectivity index (χ2n) is 11.6. The number of hydroxylamine groups is 2. The molecule has 2 amide bonds. The van der Waals surface area contributed by atoms with E-state index >= 15 is 0 Å². The summed E-state index contributed by atoms with van der Waals surface area (Å²) in [7, 11) is 0. The van der Waals surface area contributed by atoms with Crippen LogP contribution in [0.1, 0.15) is 71.1 Å². The number of nitrogens with zero attached hydrogens (tertiary/aromatic N) is 3. The number of halogens is 3. The number of hydrogen-bond donors (Lipinski definition) is 1. The first kappa shape index (κ1) is 28.9. The van der Waals surface area contributed by atoms with Crippen molar-refractivity contribution in [2.24, 2.45) is 5.73 Å². The average Bonchev–Trinajstić information content (AvgIpc) is 3.22. The van der Waals surface area contributed by atoms with Crippen LogP contribution >= 0.6 is 0 Å². The predicted molar refractivity (Wildman–Crippen MR) is 149 cm³/mol. The molecule has 226 valence electrons. The Morgan fingerprint density at radius 2 is 1.79 bits per heavy atom. The highest BCUT2D eigenvalue weighted by Crippen LogP contribution is 2.49. The van der Waals surface area contributed by atoms with E-state index in [2.05, 4.69) is 0 Å². The molecule has 1 aromatic heterocycles. The minimum absolute atomic E-state index is 0.0133. The fraction of sp³-hybridized carbons (Fsp3) is 0.387. The van der Waals surface area contributed by atoms with Gasteiger partial charge in [0.25, 0.3) is 11.8 Å². The number of amides is 2. The van der Waals surface area contributed by atoms with Gasteiger partial charge in [-0.25, -0.2) is 13.2 Å². The van der Waals surface area contributed by atoms with E-state index < -0.39 is 46.3 Å². The molecule has 2 fully saturated rings. The van der Waals surface area contributed by atoms with Crippen molar-refractivity contribution in [1.29, 1.82) is 0 Å². The quantitative estimate of drug-likeness (QED) is 0.460. The molecule has 4 unspecified atom stereocenters. The number of fused-ring (bicyclic) bond motifs is 5. The van der Waals surface area contributed by atoms with E-state index in [0.717, 1.165) is 5.56 Å². The monoisotopic (exact) mass is 596 g/mol. The number of carbonyl (C=O) groups excluding carboxylic acids is 2. The molecule has 43 heavy (non-hydrogen) atoms. The molecule has 3 aliphatic heterocycles. The number of primary amides is 1. The number of ether oxygens (including phenoxy) is 1. The topological polar surface area (TPSA) is 107 Å². The van der Waals surface area contributed by atoms with Crippen LogP contribution in [0.2, 0.25) is 0 Å². The number of benzene rings is 2. The molecule has 4 atom stereocenters. The molecule has 6 rings (SSSR count). The van der Waals surface area contributed by atoms with Crippen molar-refractivity contribution in [3.05, 3.63) is 98.7 Å². The summed E-state index contributed by atoms with van der Waals surface area (Å²) < 4.78 is 50.3. The Morgan fingerprint density at radius 1 is 1.09 bits per heavy atom. The number of pyridine rings is 1. The fourth-order valence-corrected chi connectivity index (χ4v) is 6.55. The highest BCUT2D eigenvalue weighted by atomic mass is 19.1. The maximum atomic E-state index is 14.6. The first-order valence-corrected chi connectivity index (χ1v) is 14.1. The highest BCUT2D eigenvalue weighted by Gasteiger charge is 2.56. The molecule has 1 spiro atoms. The lowest BCUT2D eigenvalue weighted by molar-refractivity contribution is -0.226. The molecule has 0 radical (unpaired) electrons. The maximum Gasteiger partial charge on any atom is 0.274 e. The Hall–Kier alpha value is -4.16. The third-order valence-corrected chi connectivity index (χ3v) is 8.83. The number of nitrogens with two attached hydrogens (primary N) is 1. The van der Waals surface area contributed by atoms with Crippen molar-refractivity contribution in [3.8, 4) is 5.75 Å². The minimum Gasteiger partial charge on any atom is -0.483 e. The Labute approximate surface area is 245 Å². The van der Waals surface area contributed by atoms with Crippen molar-refractivity contribution in [2.45, 2.75) is 70.0 Å². The van der Waals surface area contributed by atoms with Gasteiger partial charge in [0.2, 0.25) is 5.43 Å². The lowest BCUT2D eigenvalue weighted by Gasteiger charge is -2.43. The van der Waals surface area contributed by atoms with Crippen molar-refractivity contribution in [3.63, 3.8) is 0 Å². The number of carbonyl (C=O) groups is 2. The molecule has 4 heterocycles. The van der Waals surface area contributed by atoms with Crippen LogP contribution in [-0.2, 0) is 18.0 Å². The molecule has 9 nitrogen and oxygen atoms in total. The molecule has 2 saturated heterocycles. The van der Waals surface area contributed by atoms with Gasteiger partial charge in [0, 0.05) is 42.5 Å². The van der Waals surface area contributed by atoms with Gasteiger partial charge in [-0.15, -0.1) is 0 Å².